The van der Waals surface area contributed by atoms with Gasteiger partial charge < -0.3 is 9.47 Å². The lowest BCUT2D eigenvalue weighted by Crippen LogP contribution is -1.97. The Morgan fingerprint density at radius 3 is 2.72 bits per heavy atom. The van der Waals surface area contributed by atoms with E-state index in [2.05, 4.69) is 45.6 Å². The van der Waals surface area contributed by atoms with Crippen molar-refractivity contribution in [2.75, 3.05) is 13.2 Å². The Hall–Kier alpha value is -1.000. The lowest BCUT2D eigenvalue weighted by Gasteiger charge is -2.12. The van der Waals surface area contributed by atoms with Crippen molar-refractivity contribution in [3.05, 3.63) is 46.2 Å². The van der Waals surface area contributed by atoms with Gasteiger partial charge in [-0.25, -0.2) is 0 Å². The summed E-state index contributed by atoms with van der Waals surface area (Å²) in [4.78, 5) is 1.51. The van der Waals surface area contributed by atoms with E-state index in [-0.39, 0.29) is 4.83 Å². The number of rotatable bonds is 2. The van der Waals surface area contributed by atoms with Crippen LogP contribution in [0, 0.1) is 0 Å². The first-order chi connectivity index (χ1) is 8.84. The molecule has 1 unspecified atom stereocenters. The van der Waals surface area contributed by atoms with Crippen LogP contribution in [0.5, 0.6) is 11.5 Å². The second-order valence-electron chi connectivity index (χ2n) is 4.13. The summed E-state index contributed by atoms with van der Waals surface area (Å²) in [5, 5.41) is 2.09. The van der Waals surface area contributed by atoms with E-state index in [0.717, 1.165) is 31.1 Å². The molecular weight excluding hydrogens is 312 g/mol. The SMILES string of the molecule is BrC(c1ccc2c(c1)OCCCO2)c1cccs1. The van der Waals surface area contributed by atoms with Gasteiger partial charge in [-0.1, -0.05) is 28.1 Å². The molecule has 2 nitrogen and oxygen atoms in total. The average Bonchev–Trinajstić information content (AvgIpc) is 2.83. The van der Waals surface area contributed by atoms with Crippen molar-refractivity contribution in [2.24, 2.45) is 0 Å². The van der Waals surface area contributed by atoms with Crippen LogP contribution < -0.4 is 9.47 Å². The highest BCUT2D eigenvalue weighted by Crippen LogP contribution is 2.38. The molecule has 4 heteroatoms. The van der Waals surface area contributed by atoms with Crippen LogP contribution in [0.2, 0.25) is 0 Å². The minimum absolute atomic E-state index is 0.217. The number of ether oxygens (including phenoxy) is 2. The summed E-state index contributed by atoms with van der Waals surface area (Å²) in [5.41, 5.74) is 1.20. The smallest absolute Gasteiger partial charge is 0.161 e. The van der Waals surface area contributed by atoms with Crippen molar-refractivity contribution < 1.29 is 9.47 Å². The van der Waals surface area contributed by atoms with Crippen molar-refractivity contribution in [1.29, 1.82) is 0 Å². The zero-order valence-corrected chi connectivity index (χ0v) is 12.2. The van der Waals surface area contributed by atoms with E-state index < -0.39 is 0 Å². The van der Waals surface area contributed by atoms with Crippen LogP contribution in [0.1, 0.15) is 21.7 Å². The van der Waals surface area contributed by atoms with Gasteiger partial charge in [-0.2, -0.15) is 0 Å². The molecule has 3 rings (SSSR count). The molecule has 0 amide bonds. The van der Waals surface area contributed by atoms with E-state index in [1.54, 1.807) is 11.3 Å². The molecule has 0 aliphatic carbocycles. The van der Waals surface area contributed by atoms with Crippen LogP contribution in [0.3, 0.4) is 0 Å². The minimum Gasteiger partial charge on any atom is -0.490 e. The van der Waals surface area contributed by atoms with Crippen LogP contribution in [-0.2, 0) is 0 Å². The maximum atomic E-state index is 5.71. The number of benzene rings is 1. The topological polar surface area (TPSA) is 18.5 Å². The summed E-state index contributed by atoms with van der Waals surface area (Å²) in [6.07, 6.45) is 0.937. The first-order valence-corrected chi connectivity index (χ1v) is 7.71. The standard InChI is InChI=1S/C14H13BrO2S/c15-14(13-3-1-8-18-13)10-4-5-11-12(9-10)17-7-2-6-16-11/h1,3-5,8-9,14H,2,6-7H2. The predicted molar refractivity (Wildman–Crippen MR) is 77.1 cm³/mol. The third kappa shape index (κ3) is 2.40. The summed E-state index contributed by atoms with van der Waals surface area (Å²) in [6, 6.07) is 10.4. The molecule has 0 saturated heterocycles. The number of hydrogen-bond donors (Lipinski definition) is 0. The molecular formula is C14H13BrO2S. The van der Waals surface area contributed by atoms with E-state index in [1.165, 1.54) is 10.4 Å². The molecule has 0 spiro atoms. The molecule has 1 atom stereocenters. The Balaban J connectivity index is 1.92. The largest absolute Gasteiger partial charge is 0.490 e. The van der Waals surface area contributed by atoms with Gasteiger partial charge in [-0.15, -0.1) is 11.3 Å². The first kappa shape index (κ1) is 12.1. The third-order valence-corrected chi connectivity index (χ3v) is 5.12. The van der Waals surface area contributed by atoms with Gasteiger partial charge in [-0.05, 0) is 29.1 Å². The molecule has 1 aliphatic rings. The number of alkyl halides is 1. The van der Waals surface area contributed by atoms with Crippen molar-refractivity contribution in [2.45, 2.75) is 11.2 Å². The van der Waals surface area contributed by atoms with Gasteiger partial charge >= 0.3 is 0 Å². The fraction of sp³-hybridized carbons (Fsp3) is 0.286. The van der Waals surface area contributed by atoms with Crippen LogP contribution in [0.15, 0.2) is 35.7 Å². The van der Waals surface area contributed by atoms with Crippen molar-refractivity contribution in [3.63, 3.8) is 0 Å². The highest BCUT2D eigenvalue weighted by molar-refractivity contribution is 9.09. The second-order valence-corrected chi connectivity index (χ2v) is 6.03. The molecule has 0 N–H and O–H groups in total. The third-order valence-electron chi connectivity index (χ3n) is 2.86. The van der Waals surface area contributed by atoms with Gasteiger partial charge in [0.05, 0.1) is 18.0 Å². The Morgan fingerprint density at radius 1 is 1.11 bits per heavy atom. The van der Waals surface area contributed by atoms with Crippen LogP contribution in [0.25, 0.3) is 0 Å². The predicted octanol–water partition coefficient (Wildman–Crippen LogP) is 4.39. The van der Waals surface area contributed by atoms with Crippen molar-refractivity contribution in [1.82, 2.24) is 0 Å². The lowest BCUT2D eigenvalue weighted by atomic mass is 10.1. The molecule has 2 aromatic rings. The molecule has 0 radical (unpaired) electrons. The summed E-state index contributed by atoms with van der Waals surface area (Å²) in [7, 11) is 0. The summed E-state index contributed by atoms with van der Waals surface area (Å²) in [6.45, 7) is 1.46. The number of thiophene rings is 1. The molecule has 1 aromatic heterocycles. The average molecular weight is 325 g/mol. The molecule has 1 aliphatic heterocycles. The van der Waals surface area contributed by atoms with Crippen molar-refractivity contribution in [3.8, 4) is 11.5 Å². The first-order valence-electron chi connectivity index (χ1n) is 5.91. The Labute approximate surface area is 119 Å². The molecule has 0 saturated carbocycles. The number of hydrogen-bond acceptors (Lipinski definition) is 3. The van der Waals surface area contributed by atoms with Crippen molar-refractivity contribution >= 4 is 27.3 Å². The Kier molecular flexibility index (Phi) is 3.57. The maximum absolute atomic E-state index is 5.71. The van der Waals surface area contributed by atoms with E-state index in [1.807, 2.05) is 6.07 Å². The van der Waals surface area contributed by atoms with Gasteiger partial charge in [0.2, 0.25) is 0 Å². The molecule has 0 bridgehead atoms. The lowest BCUT2D eigenvalue weighted by molar-refractivity contribution is 0.297. The van der Waals surface area contributed by atoms with Gasteiger partial charge in [0.1, 0.15) is 0 Å². The number of fused-ring (bicyclic) bond motifs is 1. The van der Waals surface area contributed by atoms with E-state index in [4.69, 9.17) is 9.47 Å². The van der Waals surface area contributed by atoms with Crippen LogP contribution >= 0.6 is 27.3 Å². The van der Waals surface area contributed by atoms with Crippen LogP contribution in [0.4, 0.5) is 0 Å². The van der Waals surface area contributed by atoms with E-state index in [0.29, 0.717) is 0 Å². The molecule has 18 heavy (non-hydrogen) atoms. The van der Waals surface area contributed by atoms with Gasteiger partial charge in [0, 0.05) is 11.3 Å². The fourth-order valence-electron chi connectivity index (χ4n) is 1.94. The van der Waals surface area contributed by atoms with Gasteiger partial charge in [0.15, 0.2) is 11.5 Å². The quantitative estimate of drug-likeness (QED) is 0.762. The fourth-order valence-corrected chi connectivity index (χ4v) is 3.43. The zero-order valence-electron chi connectivity index (χ0n) is 9.77. The number of halogens is 1. The summed E-state index contributed by atoms with van der Waals surface area (Å²) >= 11 is 5.48. The normalized spacial score (nSPS) is 16.1. The minimum atomic E-state index is 0.217. The van der Waals surface area contributed by atoms with E-state index in [9.17, 15) is 0 Å². The Morgan fingerprint density at radius 2 is 1.94 bits per heavy atom. The van der Waals surface area contributed by atoms with Gasteiger partial charge in [-0.3, -0.25) is 0 Å². The highest BCUT2D eigenvalue weighted by atomic mass is 79.9. The summed E-state index contributed by atoms with van der Waals surface area (Å²) < 4.78 is 11.4. The summed E-state index contributed by atoms with van der Waals surface area (Å²) in [5.74, 6) is 1.70. The molecule has 1 aromatic carbocycles. The highest BCUT2D eigenvalue weighted by Gasteiger charge is 2.16. The van der Waals surface area contributed by atoms with Gasteiger partial charge in [0.25, 0.3) is 0 Å². The van der Waals surface area contributed by atoms with E-state index >= 15 is 0 Å². The zero-order chi connectivity index (χ0) is 12.4. The molecule has 0 fully saturated rings. The molecule has 94 valence electrons. The second kappa shape index (κ2) is 5.33. The molecule has 2 heterocycles. The Bertz CT molecular complexity index is 525. The monoisotopic (exact) mass is 324 g/mol. The van der Waals surface area contributed by atoms with Crippen LogP contribution in [-0.4, -0.2) is 13.2 Å². The maximum Gasteiger partial charge on any atom is 0.161 e.